The smallest absolute Gasteiger partial charge is 0.150 e. The van der Waals surface area contributed by atoms with E-state index in [2.05, 4.69) is 15.0 Å². The lowest BCUT2D eigenvalue weighted by Gasteiger charge is -2.34. The van der Waals surface area contributed by atoms with Gasteiger partial charge in [0, 0.05) is 35.6 Å². The van der Waals surface area contributed by atoms with E-state index < -0.39 is 15.4 Å². The first-order valence-electron chi connectivity index (χ1n) is 8.12. The molecule has 0 bridgehead atoms. The molecule has 1 heterocycles. The molecule has 1 aliphatic rings. The number of ether oxygens (including phenoxy) is 1. The Morgan fingerprint density at radius 2 is 2.04 bits per heavy atom. The van der Waals surface area contributed by atoms with E-state index in [4.69, 9.17) is 21.9 Å². The second-order valence-electron chi connectivity index (χ2n) is 7.08. The lowest BCUT2D eigenvalue weighted by molar-refractivity contribution is 0.125. The third kappa shape index (κ3) is 3.58. The van der Waals surface area contributed by atoms with Crippen molar-refractivity contribution < 1.29 is 13.2 Å². The number of fused-ring (bicyclic) bond motifs is 1. The Kier molecular flexibility index (Phi) is 4.77. The van der Waals surface area contributed by atoms with Crippen LogP contribution in [0.1, 0.15) is 32.3 Å². The number of pyridine rings is 1. The van der Waals surface area contributed by atoms with Gasteiger partial charge in [0.1, 0.15) is 17.0 Å². The molecule has 1 aromatic heterocycles. The number of halogens is 1. The second kappa shape index (κ2) is 6.61. The summed E-state index contributed by atoms with van der Waals surface area (Å²) in [6.45, 7) is 3.64. The molecule has 1 fully saturated rings. The number of aromatic nitrogens is 1. The first kappa shape index (κ1) is 18.8. The Labute approximate surface area is 156 Å². The highest BCUT2D eigenvalue weighted by molar-refractivity contribution is 7.91. The van der Waals surface area contributed by atoms with Crippen molar-refractivity contribution in [1.29, 1.82) is 0 Å². The van der Waals surface area contributed by atoms with Crippen LogP contribution in [0.4, 0.5) is 0 Å². The van der Waals surface area contributed by atoms with Crippen LogP contribution >= 0.6 is 11.6 Å². The van der Waals surface area contributed by atoms with Crippen LogP contribution in [0.2, 0.25) is 5.15 Å². The summed E-state index contributed by atoms with van der Waals surface area (Å²) in [5, 5.41) is 5.40. The number of hydrogen-bond acceptors (Lipinski definition) is 5. The van der Waals surface area contributed by atoms with Gasteiger partial charge in [0.2, 0.25) is 0 Å². The van der Waals surface area contributed by atoms with E-state index in [1.54, 1.807) is 18.3 Å². The van der Waals surface area contributed by atoms with Gasteiger partial charge in [-0.1, -0.05) is 36.6 Å². The topological polar surface area (TPSA) is 105 Å². The Morgan fingerprint density at radius 1 is 1.35 bits per heavy atom. The molecule has 0 saturated heterocycles. The Hall–Kier alpha value is -2.02. The number of rotatable bonds is 5. The van der Waals surface area contributed by atoms with Gasteiger partial charge in [-0.3, -0.25) is 0 Å². The highest BCUT2D eigenvalue weighted by atomic mass is 35.5. The number of azide groups is 1. The molecule has 3 rings (SSSR count). The lowest BCUT2D eigenvalue weighted by atomic mass is 9.90. The Bertz CT molecular complexity index is 1010. The van der Waals surface area contributed by atoms with Crippen LogP contribution in [0.5, 0.6) is 5.75 Å². The molecule has 1 saturated carbocycles. The number of benzene rings is 1. The van der Waals surface area contributed by atoms with Crippen molar-refractivity contribution in [3.05, 3.63) is 45.6 Å². The fourth-order valence-electron chi connectivity index (χ4n) is 3.13. The van der Waals surface area contributed by atoms with E-state index in [-0.39, 0.29) is 11.4 Å². The average Bonchev–Trinajstić information content (AvgIpc) is 2.48. The average molecular weight is 395 g/mol. The van der Waals surface area contributed by atoms with E-state index >= 15 is 0 Å². The van der Waals surface area contributed by atoms with Crippen LogP contribution in [-0.4, -0.2) is 31.0 Å². The van der Waals surface area contributed by atoms with Crippen molar-refractivity contribution in [2.24, 2.45) is 5.11 Å². The van der Waals surface area contributed by atoms with Gasteiger partial charge in [0.05, 0.1) is 10.8 Å². The minimum Gasteiger partial charge on any atom is -0.490 e. The van der Waals surface area contributed by atoms with Crippen LogP contribution < -0.4 is 4.74 Å². The van der Waals surface area contributed by atoms with E-state index in [1.165, 1.54) is 6.26 Å². The standard InChI is InChI=1S/C17H19ClN4O3S/c1-17(2,21-22-19)14-4-5-15(13-9-20-16(18)8-12(13)14)25-10-6-11(7-10)26(3,23)24/h4-5,8-11H,6-7H2,1-3H3. The SMILES string of the molecule is CC(C)(N=[N+]=[N-])c1ccc(OC2CC(S(C)(=O)=O)C2)c2cnc(Cl)cc12. The van der Waals surface area contributed by atoms with Gasteiger partial charge >= 0.3 is 0 Å². The highest BCUT2D eigenvalue weighted by Crippen LogP contribution is 2.39. The van der Waals surface area contributed by atoms with E-state index in [9.17, 15) is 8.42 Å². The summed E-state index contributed by atoms with van der Waals surface area (Å²) in [4.78, 5) is 7.05. The van der Waals surface area contributed by atoms with E-state index in [1.807, 2.05) is 19.9 Å². The maximum atomic E-state index is 11.6. The fraction of sp³-hybridized carbons (Fsp3) is 0.471. The van der Waals surface area contributed by atoms with Crippen LogP contribution in [-0.2, 0) is 15.4 Å². The minimum atomic E-state index is -3.03. The molecule has 9 heteroatoms. The molecule has 0 N–H and O–H groups in total. The van der Waals surface area contributed by atoms with Crippen molar-refractivity contribution >= 4 is 32.2 Å². The molecule has 138 valence electrons. The molecular weight excluding hydrogens is 376 g/mol. The third-order valence-corrected chi connectivity index (χ3v) is 6.53. The predicted octanol–water partition coefficient (Wildman–Crippen LogP) is 4.39. The summed E-state index contributed by atoms with van der Waals surface area (Å²) in [5.74, 6) is 0.613. The Balaban J connectivity index is 1.98. The first-order valence-corrected chi connectivity index (χ1v) is 10.5. The summed E-state index contributed by atoms with van der Waals surface area (Å²) in [7, 11) is -3.03. The van der Waals surface area contributed by atoms with Crippen LogP contribution in [0.3, 0.4) is 0 Å². The molecule has 0 unspecified atom stereocenters. The first-order chi connectivity index (χ1) is 12.1. The van der Waals surface area contributed by atoms with Gasteiger partial charge in [0.25, 0.3) is 0 Å². The maximum absolute atomic E-state index is 11.6. The zero-order valence-corrected chi connectivity index (χ0v) is 16.3. The van der Waals surface area contributed by atoms with Crippen LogP contribution in [0.15, 0.2) is 29.5 Å². The molecule has 0 aliphatic heterocycles. The summed E-state index contributed by atoms with van der Waals surface area (Å²) < 4.78 is 29.1. The Morgan fingerprint density at radius 3 is 2.65 bits per heavy atom. The summed E-state index contributed by atoms with van der Waals surface area (Å²) in [6.07, 6.45) is 3.68. The fourth-order valence-corrected chi connectivity index (χ4v) is 4.42. The number of sulfone groups is 1. The molecule has 0 spiro atoms. The van der Waals surface area contributed by atoms with Crippen molar-refractivity contribution in [3.63, 3.8) is 0 Å². The lowest BCUT2D eigenvalue weighted by Crippen LogP contribution is -2.42. The summed E-state index contributed by atoms with van der Waals surface area (Å²) >= 11 is 6.06. The monoisotopic (exact) mass is 394 g/mol. The van der Waals surface area contributed by atoms with Gasteiger partial charge in [-0.15, -0.1) is 0 Å². The molecule has 1 aromatic carbocycles. The molecule has 0 amide bonds. The van der Waals surface area contributed by atoms with Crippen molar-refractivity contribution in [1.82, 2.24) is 4.98 Å². The molecule has 2 aromatic rings. The molecule has 1 aliphatic carbocycles. The quantitative estimate of drug-likeness (QED) is 0.324. The van der Waals surface area contributed by atoms with Crippen LogP contribution in [0.25, 0.3) is 21.2 Å². The van der Waals surface area contributed by atoms with Crippen molar-refractivity contribution in [2.45, 2.75) is 43.6 Å². The van der Waals surface area contributed by atoms with Crippen LogP contribution in [0, 0.1) is 0 Å². The largest absolute Gasteiger partial charge is 0.490 e. The van der Waals surface area contributed by atoms with Gasteiger partial charge in [-0.25, -0.2) is 13.4 Å². The normalized spacial score (nSPS) is 20.3. The minimum absolute atomic E-state index is 0.149. The molecule has 26 heavy (non-hydrogen) atoms. The van der Waals surface area contributed by atoms with Crippen molar-refractivity contribution in [3.8, 4) is 5.75 Å². The van der Waals surface area contributed by atoms with Gasteiger partial charge in [-0.05, 0) is 28.6 Å². The van der Waals surface area contributed by atoms with Gasteiger partial charge in [0.15, 0.2) is 9.84 Å². The molecule has 7 nitrogen and oxygen atoms in total. The zero-order chi connectivity index (χ0) is 19.1. The van der Waals surface area contributed by atoms with Crippen molar-refractivity contribution in [2.75, 3.05) is 6.26 Å². The second-order valence-corrected chi connectivity index (χ2v) is 9.79. The summed E-state index contributed by atoms with van der Waals surface area (Å²) in [6, 6.07) is 5.36. The number of hydrogen-bond donors (Lipinski definition) is 0. The zero-order valence-electron chi connectivity index (χ0n) is 14.7. The molecule has 0 radical (unpaired) electrons. The molecule has 0 atom stereocenters. The third-order valence-electron chi connectivity index (χ3n) is 4.73. The summed E-state index contributed by atoms with van der Waals surface area (Å²) in [5.41, 5.74) is 8.88. The predicted molar refractivity (Wildman–Crippen MR) is 101 cm³/mol. The van der Waals surface area contributed by atoms with E-state index in [0.29, 0.717) is 23.7 Å². The van der Waals surface area contributed by atoms with E-state index in [0.717, 1.165) is 16.3 Å². The maximum Gasteiger partial charge on any atom is 0.150 e. The van der Waals surface area contributed by atoms with Gasteiger partial charge < -0.3 is 4.74 Å². The molecular formula is C17H19ClN4O3S. The van der Waals surface area contributed by atoms with Gasteiger partial charge in [-0.2, -0.15) is 0 Å². The highest BCUT2D eigenvalue weighted by Gasteiger charge is 2.38. The number of nitrogens with zero attached hydrogens (tertiary/aromatic N) is 4.